The maximum Gasteiger partial charge on any atom is 0.120 e. The predicted octanol–water partition coefficient (Wildman–Crippen LogP) is 2.90. The molecule has 0 saturated carbocycles. The van der Waals surface area contributed by atoms with Gasteiger partial charge in [0.05, 0.1) is 12.2 Å². The average molecular weight is 263 g/mol. The van der Waals surface area contributed by atoms with E-state index in [0.29, 0.717) is 5.92 Å². The number of ether oxygens (including phenoxy) is 1. The second-order valence-corrected chi connectivity index (χ2v) is 5.87. The molecule has 3 nitrogen and oxygen atoms in total. The SMILES string of the molecule is CC1CCNC(C(O)c2cccc(OC(C)C)c2)C1. The molecule has 0 bridgehead atoms. The van der Waals surface area contributed by atoms with Gasteiger partial charge < -0.3 is 15.2 Å². The van der Waals surface area contributed by atoms with Gasteiger partial charge in [0.1, 0.15) is 5.75 Å². The molecule has 1 fully saturated rings. The van der Waals surface area contributed by atoms with Crippen LogP contribution in [0.4, 0.5) is 0 Å². The Morgan fingerprint density at radius 3 is 2.84 bits per heavy atom. The average Bonchev–Trinajstić information content (AvgIpc) is 2.37. The number of aliphatic hydroxyl groups is 1. The van der Waals surface area contributed by atoms with Gasteiger partial charge in [0.25, 0.3) is 0 Å². The van der Waals surface area contributed by atoms with E-state index in [0.717, 1.165) is 24.3 Å². The smallest absolute Gasteiger partial charge is 0.120 e. The molecule has 2 N–H and O–H groups in total. The number of hydrogen-bond acceptors (Lipinski definition) is 3. The Labute approximate surface area is 116 Å². The van der Waals surface area contributed by atoms with Crippen LogP contribution >= 0.6 is 0 Å². The van der Waals surface area contributed by atoms with Crippen molar-refractivity contribution in [2.24, 2.45) is 5.92 Å². The van der Waals surface area contributed by atoms with Crippen molar-refractivity contribution in [3.63, 3.8) is 0 Å². The van der Waals surface area contributed by atoms with Crippen LogP contribution in [0.2, 0.25) is 0 Å². The summed E-state index contributed by atoms with van der Waals surface area (Å²) in [6.07, 6.45) is 1.91. The van der Waals surface area contributed by atoms with Crippen molar-refractivity contribution in [2.45, 2.75) is 51.9 Å². The van der Waals surface area contributed by atoms with Crippen LogP contribution in [0, 0.1) is 5.92 Å². The van der Waals surface area contributed by atoms with E-state index in [1.54, 1.807) is 0 Å². The minimum absolute atomic E-state index is 0.151. The first-order chi connectivity index (χ1) is 9.06. The van der Waals surface area contributed by atoms with Crippen LogP contribution in [0.3, 0.4) is 0 Å². The van der Waals surface area contributed by atoms with Crippen LogP contribution in [0.5, 0.6) is 5.75 Å². The molecular formula is C16H25NO2. The second kappa shape index (κ2) is 6.40. The Morgan fingerprint density at radius 1 is 1.37 bits per heavy atom. The highest BCUT2D eigenvalue weighted by molar-refractivity contribution is 5.30. The lowest BCUT2D eigenvalue weighted by atomic mass is 9.89. The second-order valence-electron chi connectivity index (χ2n) is 5.87. The van der Waals surface area contributed by atoms with Crippen LogP contribution in [-0.4, -0.2) is 23.8 Å². The van der Waals surface area contributed by atoms with E-state index < -0.39 is 6.10 Å². The molecule has 0 aliphatic carbocycles. The van der Waals surface area contributed by atoms with Crippen molar-refractivity contribution in [3.05, 3.63) is 29.8 Å². The zero-order valence-electron chi connectivity index (χ0n) is 12.1. The molecule has 3 atom stereocenters. The number of piperidine rings is 1. The Morgan fingerprint density at radius 2 is 2.16 bits per heavy atom. The molecule has 106 valence electrons. The molecule has 0 amide bonds. The summed E-state index contributed by atoms with van der Waals surface area (Å²) in [6, 6.07) is 7.96. The fourth-order valence-electron chi connectivity index (χ4n) is 2.67. The molecule has 19 heavy (non-hydrogen) atoms. The maximum atomic E-state index is 10.5. The molecule has 0 aromatic heterocycles. The molecule has 1 heterocycles. The third kappa shape index (κ3) is 3.95. The van der Waals surface area contributed by atoms with Gasteiger partial charge in [0.15, 0.2) is 0 Å². The molecule has 0 spiro atoms. The Hall–Kier alpha value is -1.06. The zero-order valence-corrected chi connectivity index (χ0v) is 12.1. The van der Waals surface area contributed by atoms with Gasteiger partial charge in [-0.3, -0.25) is 0 Å². The highest BCUT2D eigenvalue weighted by atomic mass is 16.5. The minimum Gasteiger partial charge on any atom is -0.491 e. The topological polar surface area (TPSA) is 41.5 Å². The fourth-order valence-corrected chi connectivity index (χ4v) is 2.67. The van der Waals surface area contributed by atoms with Gasteiger partial charge in [0, 0.05) is 6.04 Å². The molecule has 1 aliphatic rings. The lowest BCUT2D eigenvalue weighted by Gasteiger charge is -2.32. The summed E-state index contributed by atoms with van der Waals surface area (Å²) in [5.74, 6) is 1.51. The summed E-state index contributed by atoms with van der Waals surface area (Å²) in [6.45, 7) is 7.25. The van der Waals surface area contributed by atoms with Crippen molar-refractivity contribution in [1.82, 2.24) is 5.32 Å². The van der Waals surface area contributed by atoms with Gasteiger partial charge in [-0.1, -0.05) is 19.1 Å². The minimum atomic E-state index is -0.460. The number of hydrogen-bond donors (Lipinski definition) is 2. The Kier molecular flexibility index (Phi) is 4.83. The first-order valence-corrected chi connectivity index (χ1v) is 7.24. The molecule has 3 heteroatoms. The lowest BCUT2D eigenvalue weighted by molar-refractivity contribution is 0.101. The predicted molar refractivity (Wildman–Crippen MR) is 77.4 cm³/mol. The Bertz CT molecular complexity index is 405. The number of rotatable bonds is 4. The first kappa shape index (κ1) is 14.4. The van der Waals surface area contributed by atoms with E-state index in [1.165, 1.54) is 6.42 Å². The summed E-state index contributed by atoms with van der Waals surface area (Å²) in [4.78, 5) is 0. The van der Waals surface area contributed by atoms with E-state index in [1.807, 2.05) is 38.1 Å². The standard InChI is InChI=1S/C16H25NO2/c1-11(2)19-14-6-4-5-13(10-14)16(18)15-9-12(3)7-8-17-15/h4-6,10-12,15-18H,7-9H2,1-3H3. The van der Waals surface area contributed by atoms with Crippen LogP contribution in [0.25, 0.3) is 0 Å². The van der Waals surface area contributed by atoms with E-state index in [4.69, 9.17) is 4.74 Å². The quantitative estimate of drug-likeness (QED) is 0.877. The zero-order chi connectivity index (χ0) is 13.8. The van der Waals surface area contributed by atoms with Gasteiger partial charge in [-0.25, -0.2) is 0 Å². The van der Waals surface area contributed by atoms with Crippen LogP contribution in [-0.2, 0) is 0 Å². The largest absolute Gasteiger partial charge is 0.491 e. The van der Waals surface area contributed by atoms with Gasteiger partial charge in [-0.2, -0.15) is 0 Å². The summed E-state index contributed by atoms with van der Waals surface area (Å²) in [5.41, 5.74) is 0.935. The van der Waals surface area contributed by atoms with Crippen LogP contribution < -0.4 is 10.1 Å². The molecule has 1 aliphatic heterocycles. The summed E-state index contributed by atoms with van der Waals surface area (Å²) in [7, 11) is 0. The Balaban J connectivity index is 2.07. The van der Waals surface area contributed by atoms with Crippen LogP contribution in [0.1, 0.15) is 45.3 Å². The summed E-state index contributed by atoms with van der Waals surface area (Å²) in [5, 5.41) is 13.9. The molecule has 0 radical (unpaired) electrons. The molecule has 3 unspecified atom stereocenters. The van der Waals surface area contributed by atoms with Crippen molar-refractivity contribution in [1.29, 1.82) is 0 Å². The van der Waals surface area contributed by atoms with Crippen molar-refractivity contribution in [2.75, 3.05) is 6.54 Å². The first-order valence-electron chi connectivity index (χ1n) is 7.24. The summed E-state index contributed by atoms with van der Waals surface area (Å²) >= 11 is 0. The van der Waals surface area contributed by atoms with Crippen molar-refractivity contribution >= 4 is 0 Å². The third-order valence-corrected chi connectivity index (χ3v) is 3.65. The molecule has 1 aromatic rings. The van der Waals surface area contributed by atoms with Gasteiger partial charge in [-0.05, 0) is 56.8 Å². The maximum absolute atomic E-state index is 10.5. The third-order valence-electron chi connectivity index (χ3n) is 3.65. The summed E-state index contributed by atoms with van der Waals surface area (Å²) < 4.78 is 5.68. The van der Waals surface area contributed by atoms with Crippen LogP contribution in [0.15, 0.2) is 24.3 Å². The van der Waals surface area contributed by atoms with E-state index >= 15 is 0 Å². The highest BCUT2D eigenvalue weighted by Gasteiger charge is 2.26. The van der Waals surface area contributed by atoms with Crippen molar-refractivity contribution < 1.29 is 9.84 Å². The van der Waals surface area contributed by atoms with E-state index in [-0.39, 0.29) is 12.1 Å². The number of nitrogens with one attached hydrogen (secondary N) is 1. The molecule has 1 saturated heterocycles. The van der Waals surface area contributed by atoms with Gasteiger partial charge in [-0.15, -0.1) is 0 Å². The normalized spacial score (nSPS) is 25.3. The fraction of sp³-hybridized carbons (Fsp3) is 0.625. The van der Waals surface area contributed by atoms with E-state index in [9.17, 15) is 5.11 Å². The molecule has 2 rings (SSSR count). The monoisotopic (exact) mass is 263 g/mol. The van der Waals surface area contributed by atoms with Crippen molar-refractivity contribution in [3.8, 4) is 5.75 Å². The molecular weight excluding hydrogens is 238 g/mol. The number of aliphatic hydroxyl groups excluding tert-OH is 1. The van der Waals surface area contributed by atoms with Gasteiger partial charge >= 0.3 is 0 Å². The van der Waals surface area contributed by atoms with E-state index in [2.05, 4.69) is 12.2 Å². The lowest BCUT2D eigenvalue weighted by Crippen LogP contribution is -2.41. The number of benzene rings is 1. The van der Waals surface area contributed by atoms with Gasteiger partial charge in [0.2, 0.25) is 0 Å². The highest BCUT2D eigenvalue weighted by Crippen LogP contribution is 2.27. The molecule has 1 aromatic carbocycles.